The number of nitrogens with one attached hydrogen (secondary N) is 1. The zero-order valence-electron chi connectivity index (χ0n) is 19.0. The number of fused-ring (bicyclic) bond motifs is 1. The Balaban J connectivity index is 1.70. The monoisotopic (exact) mass is 449 g/mol. The van der Waals surface area contributed by atoms with Gasteiger partial charge in [0.1, 0.15) is 0 Å². The van der Waals surface area contributed by atoms with E-state index in [-0.39, 0.29) is 5.91 Å². The molecule has 1 N–H and O–H groups in total. The SMILES string of the molecule is Cc1c(C)c(C)c(S(=O)(=O)Nc2ccc3c(c2)N(C(=O)c2ccncc2)CC3)c(C)c1C. The molecule has 0 aliphatic carbocycles. The van der Waals surface area contributed by atoms with Gasteiger partial charge < -0.3 is 4.90 Å². The molecule has 7 heteroatoms. The van der Waals surface area contributed by atoms with E-state index < -0.39 is 10.0 Å². The van der Waals surface area contributed by atoms with E-state index in [9.17, 15) is 13.2 Å². The average Bonchev–Trinajstić information content (AvgIpc) is 3.19. The first kappa shape index (κ1) is 22.0. The normalized spacial score (nSPS) is 13.2. The van der Waals surface area contributed by atoms with E-state index in [4.69, 9.17) is 0 Å². The Hall–Kier alpha value is -3.19. The molecular formula is C25H27N3O3S. The van der Waals surface area contributed by atoms with Gasteiger partial charge in [0.05, 0.1) is 10.6 Å². The molecule has 166 valence electrons. The number of anilines is 2. The van der Waals surface area contributed by atoms with Crippen LogP contribution in [0.1, 0.15) is 43.7 Å². The summed E-state index contributed by atoms with van der Waals surface area (Å²) in [6.45, 7) is 10.2. The molecule has 0 radical (unpaired) electrons. The van der Waals surface area contributed by atoms with E-state index in [1.165, 1.54) is 0 Å². The van der Waals surface area contributed by atoms with Gasteiger partial charge in [-0.3, -0.25) is 14.5 Å². The van der Waals surface area contributed by atoms with Gasteiger partial charge in [-0.05, 0) is 98.7 Å². The van der Waals surface area contributed by atoms with Crippen LogP contribution in [-0.4, -0.2) is 25.9 Å². The molecule has 1 aliphatic heterocycles. The number of carbonyl (C=O) groups excluding carboxylic acids is 1. The van der Waals surface area contributed by atoms with Crippen LogP contribution in [-0.2, 0) is 16.4 Å². The highest BCUT2D eigenvalue weighted by atomic mass is 32.2. The number of hydrogen-bond acceptors (Lipinski definition) is 4. The molecule has 4 rings (SSSR count). The summed E-state index contributed by atoms with van der Waals surface area (Å²) in [5.41, 5.74) is 7.34. The fourth-order valence-electron chi connectivity index (χ4n) is 4.38. The number of aromatic nitrogens is 1. The van der Waals surface area contributed by atoms with Crippen molar-refractivity contribution in [2.45, 2.75) is 45.9 Å². The highest BCUT2D eigenvalue weighted by Gasteiger charge is 2.28. The van der Waals surface area contributed by atoms with Gasteiger partial charge in [-0.2, -0.15) is 0 Å². The van der Waals surface area contributed by atoms with Crippen LogP contribution in [0, 0.1) is 34.6 Å². The van der Waals surface area contributed by atoms with Gasteiger partial charge in [-0.15, -0.1) is 0 Å². The summed E-state index contributed by atoms with van der Waals surface area (Å²) in [4.78, 5) is 19.0. The van der Waals surface area contributed by atoms with Gasteiger partial charge in [0.25, 0.3) is 15.9 Å². The standard InChI is InChI=1S/C25H27N3O3S/c1-15-16(2)18(4)24(19(5)17(15)3)32(30,31)27-22-7-6-20-10-13-28(23(20)14-22)25(29)21-8-11-26-12-9-21/h6-9,11-12,14,27H,10,13H2,1-5H3. The van der Waals surface area contributed by atoms with Crippen LogP contribution in [0.2, 0.25) is 0 Å². The number of benzene rings is 2. The van der Waals surface area contributed by atoms with Gasteiger partial charge in [-0.1, -0.05) is 6.07 Å². The quantitative estimate of drug-likeness (QED) is 0.630. The minimum absolute atomic E-state index is 0.123. The van der Waals surface area contributed by atoms with Crippen LogP contribution < -0.4 is 9.62 Å². The predicted octanol–water partition coefficient (Wildman–Crippen LogP) is 4.63. The molecule has 1 aromatic heterocycles. The molecular weight excluding hydrogens is 422 g/mol. The summed E-state index contributed by atoms with van der Waals surface area (Å²) < 4.78 is 29.5. The molecule has 6 nitrogen and oxygen atoms in total. The maximum Gasteiger partial charge on any atom is 0.262 e. The molecule has 0 atom stereocenters. The minimum Gasteiger partial charge on any atom is -0.308 e. The zero-order chi connectivity index (χ0) is 23.2. The maximum absolute atomic E-state index is 13.4. The lowest BCUT2D eigenvalue weighted by molar-refractivity contribution is 0.0989. The topological polar surface area (TPSA) is 79.4 Å². The molecule has 2 heterocycles. The first-order chi connectivity index (χ1) is 15.1. The Labute approximate surface area is 189 Å². The Kier molecular flexibility index (Phi) is 5.54. The van der Waals surface area contributed by atoms with Gasteiger partial charge in [0.15, 0.2) is 0 Å². The first-order valence-corrected chi connectivity index (χ1v) is 12.0. The van der Waals surface area contributed by atoms with Crippen molar-refractivity contribution in [1.29, 1.82) is 0 Å². The third kappa shape index (κ3) is 3.66. The third-order valence-corrected chi connectivity index (χ3v) is 8.26. The Morgan fingerprint density at radius 3 is 2.12 bits per heavy atom. The molecule has 0 saturated carbocycles. The van der Waals surface area contributed by atoms with Crippen molar-refractivity contribution >= 4 is 27.3 Å². The Bertz CT molecular complexity index is 1300. The van der Waals surface area contributed by atoms with Crippen LogP contribution in [0.15, 0.2) is 47.6 Å². The molecule has 0 unspecified atom stereocenters. The highest BCUT2D eigenvalue weighted by molar-refractivity contribution is 7.92. The van der Waals surface area contributed by atoms with E-state index >= 15 is 0 Å². The van der Waals surface area contributed by atoms with Crippen molar-refractivity contribution in [3.05, 3.63) is 81.7 Å². The fourth-order valence-corrected chi connectivity index (χ4v) is 6.03. The molecule has 3 aromatic rings. The zero-order valence-corrected chi connectivity index (χ0v) is 19.8. The van der Waals surface area contributed by atoms with Gasteiger partial charge in [0, 0.05) is 30.2 Å². The number of pyridine rings is 1. The van der Waals surface area contributed by atoms with Crippen LogP contribution >= 0.6 is 0 Å². The van der Waals surface area contributed by atoms with Crippen molar-refractivity contribution in [3.8, 4) is 0 Å². The summed E-state index contributed by atoms with van der Waals surface area (Å²) in [5.74, 6) is -0.123. The molecule has 0 bridgehead atoms. The van der Waals surface area contributed by atoms with Crippen molar-refractivity contribution in [3.63, 3.8) is 0 Å². The highest BCUT2D eigenvalue weighted by Crippen LogP contribution is 2.34. The van der Waals surface area contributed by atoms with Crippen molar-refractivity contribution in [2.75, 3.05) is 16.2 Å². The number of rotatable bonds is 4. The molecule has 0 saturated heterocycles. The van der Waals surface area contributed by atoms with Crippen LogP contribution in [0.4, 0.5) is 11.4 Å². The van der Waals surface area contributed by atoms with Crippen molar-refractivity contribution < 1.29 is 13.2 Å². The largest absolute Gasteiger partial charge is 0.308 e. The summed E-state index contributed by atoms with van der Waals surface area (Å²) in [6.07, 6.45) is 3.91. The Morgan fingerprint density at radius 1 is 0.906 bits per heavy atom. The van der Waals surface area contributed by atoms with Crippen molar-refractivity contribution in [2.24, 2.45) is 0 Å². The number of sulfonamides is 1. The minimum atomic E-state index is -3.81. The third-order valence-electron chi connectivity index (χ3n) is 6.61. The Morgan fingerprint density at radius 2 is 1.50 bits per heavy atom. The van der Waals surface area contributed by atoms with Gasteiger partial charge in [-0.25, -0.2) is 8.42 Å². The van der Waals surface area contributed by atoms with Crippen LogP contribution in [0.25, 0.3) is 0 Å². The van der Waals surface area contributed by atoms with Gasteiger partial charge in [0.2, 0.25) is 0 Å². The van der Waals surface area contributed by atoms with Crippen LogP contribution in [0.3, 0.4) is 0 Å². The smallest absolute Gasteiger partial charge is 0.262 e. The average molecular weight is 450 g/mol. The van der Waals surface area contributed by atoms with E-state index in [0.717, 1.165) is 45.5 Å². The second-order valence-corrected chi connectivity index (χ2v) is 9.97. The molecule has 0 fully saturated rings. The number of carbonyl (C=O) groups is 1. The van der Waals surface area contributed by atoms with Crippen LogP contribution in [0.5, 0.6) is 0 Å². The number of amides is 1. The summed E-state index contributed by atoms with van der Waals surface area (Å²) in [5, 5.41) is 0. The second-order valence-electron chi connectivity index (χ2n) is 8.35. The second kappa shape index (κ2) is 8.06. The number of nitrogens with zero attached hydrogens (tertiary/aromatic N) is 2. The van der Waals surface area contributed by atoms with E-state index in [1.54, 1.807) is 41.6 Å². The fraction of sp³-hybridized carbons (Fsp3) is 0.280. The maximum atomic E-state index is 13.4. The molecule has 2 aromatic carbocycles. The van der Waals surface area contributed by atoms with E-state index in [0.29, 0.717) is 22.7 Å². The molecule has 32 heavy (non-hydrogen) atoms. The lowest BCUT2D eigenvalue weighted by Gasteiger charge is -2.21. The number of hydrogen-bond donors (Lipinski definition) is 1. The first-order valence-electron chi connectivity index (χ1n) is 10.6. The lowest BCUT2D eigenvalue weighted by atomic mass is 9.95. The van der Waals surface area contributed by atoms with E-state index in [1.807, 2.05) is 40.7 Å². The lowest BCUT2D eigenvalue weighted by Crippen LogP contribution is -2.29. The summed E-state index contributed by atoms with van der Waals surface area (Å²) >= 11 is 0. The van der Waals surface area contributed by atoms with Gasteiger partial charge >= 0.3 is 0 Å². The molecule has 1 amide bonds. The van der Waals surface area contributed by atoms with Crippen molar-refractivity contribution in [1.82, 2.24) is 4.98 Å². The van der Waals surface area contributed by atoms with E-state index in [2.05, 4.69) is 9.71 Å². The predicted molar refractivity (Wildman–Crippen MR) is 127 cm³/mol. The molecule has 1 aliphatic rings. The summed E-state index contributed by atoms with van der Waals surface area (Å²) in [7, 11) is -3.81. The molecule has 0 spiro atoms. The summed E-state index contributed by atoms with van der Waals surface area (Å²) in [6, 6.07) is 8.76.